The van der Waals surface area contributed by atoms with Gasteiger partial charge in [0.15, 0.2) is 0 Å². The number of hydrogen-bond donors (Lipinski definition) is 0. The summed E-state index contributed by atoms with van der Waals surface area (Å²) in [6.07, 6.45) is 0.579. The van der Waals surface area contributed by atoms with E-state index in [0.717, 1.165) is 5.75 Å². The van der Waals surface area contributed by atoms with Crippen molar-refractivity contribution in [3.05, 3.63) is 47.4 Å². The highest BCUT2D eigenvalue weighted by atomic mass is 35.5. The highest BCUT2D eigenvalue weighted by Gasteiger charge is 2.04. The summed E-state index contributed by atoms with van der Waals surface area (Å²) in [6, 6.07) is 11.2. The number of ether oxygens (including phenoxy) is 2. The van der Waals surface area contributed by atoms with E-state index < -0.39 is 0 Å². The van der Waals surface area contributed by atoms with Gasteiger partial charge in [-0.25, -0.2) is 4.98 Å². The largest absolute Gasteiger partial charge is 0.493 e. The Kier molecular flexibility index (Phi) is 4.98. The number of rotatable bonds is 6. The maximum absolute atomic E-state index is 5.91. The van der Waals surface area contributed by atoms with E-state index in [0.29, 0.717) is 36.5 Å². The van der Waals surface area contributed by atoms with Crippen molar-refractivity contribution in [3.8, 4) is 11.6 Å². The van der Waals surface area contributed by atoms with Crippen LogP contribution in [0.25, 0.3) is 0 Å². The first kappa shape index (κ1) is 13.6. The van der Waals surface area contributed by atoms with E-state index in [2.05, 4.69) is 9.97 Å². The van der Waals surface area contributed by atoms with Gasteiger partial charge in [-0.05, 0) is 19.1 Å². The SMILES string of the molecule is CCOc1cc(Cl)nc(CCOc2ccccc2)n1. The Morgan fingerprint density at radius 3 is 2.63 bits per heavy atom. The first-order chi connectivity index (χ1) is 9.28. The van der Waals surface area contributed by atoms with Crippen molar-refractivity contribution in [3.63, 3.8) is 0 Å². The van der Waals surface area contributed by atoms with Crippen molar-refractivity contribution < 1.29 is 9.47 Å². The van der Waals surface area contributed by atoms with Crippen LogP contribution in [0.2, 0.25) is 5.15 Å². The lowest BCUT2D eigenvalue weighted by atomic mass is 10.3. The molecule has 1 aromatic carbocycles. The molecule has 0 aliphatic heterocycles. The van der Waals surface area contributed by atoms with Crippen LogP contribution < -0.4 is 9.47 Å². The second-order valence-corrected chi connectivity index (χ2v) is 4.18. The molecule has 5 heteroatoms. The Bertz CT molecular complexity index is 520. The maximum Gasteiger partial charge on any atom is 0.218 e. The van der Waals surface area contributed by atoms with E-state index in [9.17, 15) is 0 Å². The molecule has 0 saturated heterocycles. The minimum absolute atomic E-state index is 0.383. The molecule has 0 N–H and O–H groups in total. The standard InChI is InChI=1S/C14H15ClN2O2/c1-2-18-14-10-12(15)16-13(17-14)8-9-19-11-6-4-3-5-7-11/h3-7,10H,2,8-9H2,1H3. The summed E-state index contributed by atoms with van der Waals surface area (Å²) < 4.78 is 10.9. The topological polar surface area (TPSA) is 44.2 Å². The molecule has 1 aromatic heterocycles. The molecular formula is C14H15ClN2O2. The monoisotopic (exact) mass is 278 g/mol. The van der Waals surface area contributed by atoms with Crippen LogP contribution in [-0.2, 0) is 6.42 Å². The second-order valence-electron chi connectivity index (χ2n) is 3.79. The molecule has 0 bridgehead atoms. The van der Waals surface area contributed by atoms with Gasteiger partial charge in [-0.3, -0.25) is 0 Å². The van der Waals surface area contributed by atoms with Crippen LogP contribution in [-0.4, -0.2) is 23.2 Å². The van der Waals surface area contributed by atoms with Crippen molar-refractivity contribution in [2.45, 2.75) is 13.3 Å². The summed E-state index contributed by atoms with van der Waals surface area (Å²) in [5.41, 5.74) is 0. The molecule has 0 spiro atoms. The average Bonchev–Trinajstić information content (AvgIpc) is 2.40. The van der Waals surface area contributed by atoms with Gasteiger partial charge in [-0.15, -0.1) is 0 Å². The fraction of sp³-hybridized carbons (Fsp3) is 0.286. The minimum Gasteiger partial charge on any atom is -0.493 e. The molecule has 0 aliphatic rings. The summed E-state index contributed by atoms with van der Waals surface area (Å²) in [5, 5.41) is 0.383. The van der Waals surface area contributed by atoms with E-state index in [1.807, 2.05) is 37.3 Å². The molecule has 19 heavy (non-hydrogen) atoms. The Hall–Kier alpha value is -1.81. The quantitative estimate of drug-likeness (QED) is 0.762. The van der Waals surface area contributed by atoms with E-state index in [4.69, 9.17) is 21.1 Å². The van der Waals surface area contributed by atoms with Crippen LogP contribution in [0.3, 0.4) is 0 Å². The summed E-state index contributed by atoms with van der Waals surface area (Å²) in [6.45, 7) is 2.94. The fourth-order valence-corrected chi connectivity index (χ4v) is 1.74. The second kappa shape index (κ2) is 6.95. The zero-order chi connectivity index (χ0) is 13.5. The normalized spacial score (nSPS) is 10.2. The lowest BCUT2D eigenvalue weighted by Gasteiger charge is -2.07. The van der Waals surface area contributed by atoms with Crippen LogP contribution in [0.15, 0.2) is 36.4 Å². The minimum atomic E-state index is 0.383. The lowest BCUT2D eigenvalue weighted by molar-refractivity contribution is 0.311. The van der Waals surface area contributed by atoms with Crippen molar-refractivity contribution in [1.29, 1.82) is 0 Å². The highest BCUT2D eigenvalue weighted by molar-refractivity contribution is 6.29. The van der Waals surface area contributed by atoms with Crippen LogP contribution in [0.5, 0.6) is 11.6 Å². The number of benzene rings is 1. The van der Waals surface area contributed by atoms with E-state index in [1.165, 1.54) is 0 Å². The molecule has 0 radical (unpaired) electrons. The predicted octanol–water partition coefficient (Wildman–Crippen LogP) is 3.15. The van der Waals surface area contributed by atoms with Crippen molar-refractivity contribution in [2.75, 3.05) is 13.2 Å². The van der Waals surface area contributed by atoms with Gasteiger partial charge in [-0.2, -0.15) is 4.98 Å². The first-order valence-electron chi connectivity index (χ1n) is 6.12. The van der Waals surface area contributed by atoms with Gasteiger partial charge in [0.25, 0.3) is 0 Å². The fourth-order valence-electron chi connectivity index (χ4n) is 1.55. The first-order valence-corrected chi connectivity index (χ1v) is 6.50. The summed E-state index contributed by atoms with van der Waals surface area (Å²) >= 11 is 5.91. The van der Waals surface area contributed by atoms with Crippen LogP contribution >= 0.6 is 11.6 Å². The summed E-state index contributed by atoms with van der Waals surface area (Å²) in [7, 11) is 0. The molecule has 2 rings (SSSR count). The van der Waals surface area contributed by atoms with E-state index in [-0.39, 0.29) is 0 Å². The van der Waals surface area contributed by atoms with Gasteiger partial charge in [0.2, 0.25) is 5.88 Å². The molecule has 100 valence electrons. The third-order valence-corrected chi connectivity index (χ3v) is 2.54. The number of aromatic nitrogens is 2. The van der Waals surface area contributed by atoms with E-state index in [1.54, 1.807) is 6.07 Å². The molecule has 2 aromatic rings. The molecule has 0 fully saturated rings. The Balaban J connectivity index is 1.92. The predicted molar refractivity (Wildman–Crippen MR) is 73.9 cm³/mol. The summed E-state index contributed by atoms with van der Waals surface area (Å²) in [5.74, 6) is 1.94. The summed E-state index contributed by atoms with van der Waals surface area (Å²) in [4.78, 5) is 8.40. The van der Waals surface area contributed by atoms with Gasteiger partial charge in [0, 0.05) is 12.5 Å². The molecular weight excluding hydrogens is 264 g/mol. The molecule has 0 amide bonds. The molecule has 0 aliphatic carbocycles. The lowest BCUT2D eigenvalue weighted by Crippen LogP contribution is -2.06. The third kappa shape index (κ3) is 4.41. The number of nitrogens with zero attached hydrogens (tertiary/aromatic N) is 2. The van der Waals surface area contributed by atoms with Crippen molar-refractivity contribution >= 4 is 11.6 Å². The van der Waals surface area contributed by atoms with Crippen molar-refractivity contribution in [1.82, 2.24) is 9.97 Å². The average molecular weight is 279 g/mol. The molecule has 0 unspecified atom stereocenters. The Morgan fingerprint density at radius 2 is 1.89 bits per heavy atom. The Morgan fingerprint density at radius 1 is 1.11 bits per heavy atom. The van der Waals surface area contributed by atoms with Gasteiger partial charge >= 0.3 is 0 Å². The third-order valence-electron chi connectivity index (χ3n) is 2.35. The highest BCUT2D eigenvalue weighted by Crippen LogP contribution is 2.14. The molecule has 0 atom stereocenters. The van der Waals surface area contributed by atoms with Crippen LogP contribution in [0, 0.1) is 0 Å². The number of hydrogen-bond acceptors (Lipinski definition) is 4. The van der Waals surface area contributed by atoms with Gasteiger partial charge in [-0.1, -0.05) is 29.8 Å². The zero-order valence-electron chi connectivity index (χ0n) is 10.7. The van der Waals surface area contributed by atoms with Crippen molar-refractivity contribution in [2.24, 2.45) is 0 Å². The molecule has 4 nitrogen and oxygen atoms in total. The number of para-hydroxylation sites is 1. The van der Waals surface area contributed by atoms with Gasteiger partial charge < -0.3 is 9.47 Å². The van der Waals surface area contributed by atoms with Gasteiger partial charge in [0.1, 0.15) is 16.7 Å². The van der Waals surface area contributed by atoms with Crippen LogP contribution in [0.1, 0.15) is 12.7 Å². The van der Waals surface area contributed by atoms with Crippen LogP contribution in [0.4, 0.5) is 0 Å². The van der Waals surface area contributed by atoms with Gasteiger partial charge in [0.05, 0.1) is 13.2 Å². The molecule has 1 heterocycles. The number of halogens is 1. The zero-order valence-corrected chi connectivity index (χ0v) is 11.4. The Labute approximate surface area is 117 Å². The smallest absolute Gasteiger partial charge is 0.218 e. The molecule has 0 saturated carbocycles. The van der Waals surface area contributed by atoms with E-state index >= 15 is 0 Å². The maximum atomic E-state index is 5.91.